The molecule has 2 heterocycles. The quantitative estimate of drug-likeness (QED) is 0.487. The van der Waals surface area contributed by atoms with E-state index in [4.69, 9.17) is 9.47 Å². The van der Waals surface area contributed by atoms with Gasteiger partial charge >= 0.3 is 0 Å². The van der Waals surface area contributed by atoms with E-state index >= 15 is 0 Å². The Balaban J connectivity index is 1.32. The van der Waals surface area contributed by atoms with Crippen LogP contribution in [-0.4, -0.2) is 37.6 Å². The molecule has 0 aliphatic carbocycles. The van der Waals surface area contributed by atoms with E-state index in [1.807, 2.05) is 18.2 Å². The molecule has 7 heteroatoms. The Morgan fingerprint density at radius 1 is 0.944 bits per heavy atom. The molecule has 5 rings (SSSR count). The van der Waals surface area contributed by atoms with Crippen LogP contribution in [0.1, 0.15) is 18.4 Å². The minimum absolute atomic E-state index is 0.238. The third kappa shape index (κ3) is 5.64. The molecule has 186 valence electrons. The van der Waals surface area contributed by atoms with Gasteiger partial charge in [-0.15, -0.1) is 0 Å². The van der Waals surface area contributed by atoms with Crippen molar-refractivity contribution in [3.05, 3.63) is 90.2 Å². The smallest absolute Gasteiger partial charge is 0.250 e. The predicted octanol–water partition coefficient (Wildman–Crippen LogP) is 4.73. The van der Waals surface area contributed by atoms with Gasteiger partial charge in [-0.05, 0) is 85.8 Å². The summed E-state index contributed by atoms with van der Waals surface area (Å²) in [6.45, 7) is 1.57. The van der Waals surface area contributed by atoms with Crippen molar-refractivity contribution in [3.8, 4) is 11.5 Å². The Hall–Kier alpha value is -3.55. The Morgan fingerprint density at radius 2 is 1.64 bits per heavy atom. The van der Waals surface area contributed by atoms with E-state index in [1.165, 1.54) is 22.6 Å². The molecule has 0 saturated carbocycles. The molecule has 0 aromatic heterocycles. The second kappa shape index (κ2) is 11.0. The highest BCUT2D eigenvalue weighted by molar-refractivity contribution is 6.17. The largest absolute Gasteiger partial charge is 0.457 e. The van der Waals surface area contributed by atoms with Gasteiger partial charge in [0, 0.05) is 6.61 Å². The van der Waals surface area contributed by atoms with Crippen LogP contribution in [0.15, 0.2) is 78.9 Å². The van der Waals surface area contributed by atoms with Crippen molar-refractivity contribution in [2.75, 3.05) is 24.7 Å². The molecule has 0 radical (unpaired) electrons. The van der Waals surface area contributed by atoms with Crippen molar-refractivity contribution >= 4 is 17.5 Å². The van der Waals surface area contributed by atoms with Crippen LogP contribution in [0.4, 0.5) is 10.1 Å². The Kier molecular flexibility index (Phi) is 7.39. The van der Waals surface area contributed by atoms with Gasteiger partial charge in [-0.2, -0.15) is 0 Å². The van der Waals surface area contributed by atoms with Gasteiger partial charge in [0.25, 0.3) is 5.91 Å². The zero-order chi connectivity index (χ0) is 24.9. The van der Waals surface area contributed by atoms with E-state index in [2.05, 4.69) is 17.4 Å². The lowest BCUT2D eigenvalue weighted by Gasteiger charge is -2.26. The van der Waals surface area contributed by atoms with E-state index in [0.717, 1.165) is 13.0 Å². The van der Waals surface area contributed by atoms with Crippen molar-refractivity contribution in [1.29, 1.82) is 0 Å². The maximum Gasteiger partial charge on any atom is 0.250 e. The lowest BCUT2D eigenvalue weighted by atomic mass is 9.96. The summed E-state index contributed by atoms with van der Waals surface area (Å²) in [5.74, 6) is 0.179. The minimum Gasteiger partial charge on any atom is -0.457 e. The Morgan fingerprint density at radius 3 is 2.31 bits per heavy atom. The molecule has 2 saturated heterocycles. The van der Waals surface area contributed by atoms with Gasteiger partial charge in [-0.3, -0.25) is 9.59 Å². The summed E-state index contributed by atoms with van der Waals surface area (Å²) in [6, 6.07) is 22.4. The maximum atomic E-state index is 13.7. The fourth-order valence-corrected chi connectivity index (χ4v) is 4.83. The number of nitrogens with one attached hydrogen (secondary N) is 1. The van der Waals surface area contributed by atoms with Crippen molar-refractivity contribution in [2.24, 2.45) is 11.8 Å². The number of imide groups is 1. The number of nitrogens with zero attached hydrogens (tertiary/aromatic N) is 1. The number of amides is 2. The van der Waals surface area contributed by atoms with Crippen LogP contribution >= 0.6 is 0 Å². The van der Waals surface area contributed by atoms with E-state index in [1.54, 1.807) is 36.4 Å². The number of benzene rings is 3. The molecule has 3 aromatic rings. The minimum atomic E-state index is -0.430. The van der Waals surface area contributed by atoms with E-state index in [-0.39, 0.29) is 23.5 Å². The third-order valence-electron chi connectivity index (χ3n) is 6.75. The first-order chi connectivity index (χ1) is 17.6. The summed E-state index contributed by atoms with van der Waals surface area (Å²) in [7, 11) is 0. The molecule has 2 aliphatic heterocycles. The lowest BCUT2D eigenvalue weighted by Crippen LogP contribution is -2.49. The van der Waals surface area contributed by atoms with E-state index in [9.17, 15) is 14.0 Å². The van der Waals surface area contributed by atoms with Crippen molar-refractivity contribution < 1.29 is 23.5 Å². The molecule has 2 fully saturated rings. The van der Waals surface area contributed by atoms with Gasteiger partial charge in [0.2, 0.25) is 5.91 Å². The zero-order valence-corrected chi connectivity index (χ0v) is 19.9. The number of hydrogen-bond donors (Lipinski definition) is 1. The molecule has 2 aliphatic rings. The van der Waals surface area contributed by atoms with Crippen LogP contribution in [0.3, 0.4) is 0 Å². The SMILES string of the molecule is O=C(C1CCOC1)N(C(=O)[C@@H]1C[C@@H](Cc2ccccc2)CN1)c1ccc(Oc2ccc(F)cc2)cc1. The van der Waals surface area contributed by atoms with Crippen molar-refractivity contribution in [1.82, 2.24) is 5.32 Å². The van der Waals surface area contributed by atoms with Crippen molar-refractivity contribution in [3.63, 3.8) is 0 Å². The molecule has 2 amide bonds. The normalized spacial score (nSPS) is 21.3. The van der Waals surface area contributed by atoms with Gasteiger partial charge in [-0.1, -0.05) is 30.3 Å². The first kappa shape index (κ1) is 24.2. The van der Waals surface area contributed by atoms with Gasteiger partial charge < -0.3 is 14.8 Å². The number of halogens is 1. The molecule has 0 bridgehead atoms. The van der Waals surface area contributed by atoms with Gasteiger partial charge in [0.05, 0.1) is 24.3 Å². The number of rotatable bonds is 7. The summed E-state index contributed by atoms with van der Waals surface area (Å²) in [5.41, 5.74) is 1.74. The summed E-state index contributed by atoms with van der Waals surface area (Å²) < 4.78 is 24.4. The van der Waals surface area contributed by atoms with Crippen LogP contribution in [-0.2, 0) is 20.7 Å². The first-order valence-corrected chi connectivity index (χ1v) is 12.3. The number of carbonyl (C=O) groups excluding carboxylic acids is 2. The number of ether oxygens (including phenoxy) is 2. The molecule has 0 spiro atoms. The monoisotopic (exact) mass is 488 g/mol. The lowest BCUT2D eigenvalue weighted by molar-refractivity contribution is -0.129. The average Bonchev–Trinajstić information content (AvgIpc) is 3.60. The summed E-state index contributed by atoms with van der Waals surface area (Å²) in [4.78, 5) is 28.4. The second-order valence-corrected chi connectivity index (χ2v) is 9.37. The van der Waals surface area contributed by atoms with Crippen LogP contribution in [0.5, 0.6) is 11.5 Å². The zero-order valence-electron chi connectivity index (χ0n) is 19.9. The van der Waals surface area contributed by atoms with Crippen LogP contribution in [0.2, 0.25) is 0 Å². The molecular weight excluding hydrogens is 459 g/mol. The van der Waals surface area contributed by atoms with Gasteiger partial charge in [0.1, 0.15) is 17.3 Å². The van der Waals surface area contributed by atoms with E-state index in [0.29, 0.717) is 49.2 Å². The standard InChI is InChI=1S/C29H29FN2O4/c30-23-6-10-25(11-7-23)36-26-12-8-24(9-13-26)32(28(33)22-14-15-35-19-22)29(34)27-17-21(18-31-27)16-20-4-2-1-3-5-20/h1-13,21-22,27,31H,14-19H2/t21-,22?,27+/m1/s1. The Labute approximate surface area is 210 Å². The highest BCUT2D eigenvalue weighted by atomic mass is 19.1. The van der Waals surface area contributed by atoms with Gasteiger partial charge in [-0.25, -0.2) is 9.29 Å². The molecule has 6 nitrogen and oxygen atoms in total. The molecule has 1 N–H and O–H groups in total. The third-order valence-corrected chi connectivity index (χ3v) is 6.75. The second-order valence-electron chi connectivity index (χ2n) is 9.37. The molecule has 1 unspecified atom stereocenters. The fraction of sp³-hybridized carbons (Fsp3) is 0.310. The fourth-order valence-electron chi connectivity index (χ4n) is 4.83. The van der Waals surface area contributed by atoms with Crippen LogP contribution in [0, 0.1) is 17.7 Å². The number of hydrogen-bond acceptors (Lipinski definition) is 5. The molecular formula is C29H29FN2O4. The highest BCUT2D eigenvalue weighted by Crippen LogP contribution is 2.29. The highest BCUT2D eigenvalue weighted by Gasteiger charge is 2.38. The summed E-state index contributed by atoms with van der Waals surface area (Å²) >= 11 is 0. The molecule has 3 atom stereocenters. The number of carbonyl (C=O) groups is 2. The predicted molar refractivity (Wildman–Crippen MR) is 134 cm³/mol. The Bertz CT molecular complexity index is 1180. The van der Waals surface area contributed by atoms with Gasteiger partial charge in [0.15, 0.2) is 0 Å². The van der Waals surface area contributed by atoms with Crippen LogP contribution < -0.4 is 15.0 Å². The number of anilines is 1. The summed E-state index contributed by atoms with van der Waals surface area (Å²) in [6.07, 6.45) is 2.16. The molecule has 3 aromatic carbocycles. The van der Waals surface area contributed by atoms with Crippen molar-refractivity contribution in [2.45, 2.75) is 25.3 Å². The van der Waals surface area contributed by atoms with E-state index < -0.39 is 6.04 Å². The first-order valence-electron chi connectivity index (χ1n) is 12.3. The van der Waals surface area contributed by atoms with Crippen LogP contribution in [0.25, 0.3) is 0 Å². The summed E-state index contributed by atoms with van der Waals surface area (Å²) in [5, 5.41) is 3.34. The average molecular weight is 489 g/mol. The topological polar surface area (TPSA) is 67.9 Å². The maximum absolute atomic E-state index is 13.7. The molecule has 36 heavy (non-hydrogen) atoms.